The Hall–Kier alpha value is -0.710. The Morgan fingerprint density at radius 2 is 2.15 bits per heavy atom. The predicted octanol–water partition coefficient (Wildman–Crippen LogP) is 0.719. The molecular weight excluding hydrogens is 190 g/mol. The molecule has 0 aromatic carbocycles. The molecule has 0 aliphatic rings. The summed E-state index contributed by atoms with van der Waals surface area (Å²) >= 11 is 1.36. The summed E-state index contributed by atoms with van der Waals surface area (Å²) in [6.07, 6.45) is 1.19. The van der Waals surface area contributed by atoms with Crippen LogP contribution in [-0.4, -0.2) is 35.0 Å². The summed E-state index contributed by atoms with van der Waals surface area (Å²) in [6, 6.07) is 0. The van der Waals surface area contributed by atoms with Crippen molar-refractivity contribution in [2.45, 2.75) is 25.0 Å². The summed E-state index contributed by atoms with van der Waals surface area (Å²) in [5.41, 5.74) is 0. The lowest BCUT2D eigenvalue weighted by molar-refractivity contribution is -0.136. The van der Waals surface area contributed by atoms with E-state index in [1.807, 2.05) is 0 Å². The van der Waals surface area contributed by atoms with E-state index in [0.717, 1.165) is 6.42 Å². The van der Waals surface area contributed by atoms with Gasteiger partial charge in [0.25, 0.3) is 0 Å². The number of amides is 1. The molecule has 0 aliphatic heterocycles. The fourth-order valence-electron chi connectivity index (χ4n) is 0.689. The van der Waals surface area contributed by atoms with Crippen LogP contribution in [-0.2, 0) is 9.59 Å². The average Bonchev–Trinajstić information content (AvgIpc) is 2.11. The molecule has 0 heterocycles. The summed E-state index contributed by atoms with van der Waals surface area (Å²) in [5.74, 6) is -0.0885. The van der Waals surface area contributed by atoms with Crippen LogP contribution in [0.1, 0.15) is 19.8 Å². The fourth-order valence-corrected chi connectivity index (χ4v) is 1.50. The second-order valence-electron chi connectivity index (χ2n) is 2.63. The van der Waals surface area contributed by atoms with Gasteiger partial charge < -0.3 is 10.4 Å². The van der Waals surface area contributed by atoms with Crippen molar-refractivity contribution in [2.75, 3.05) is 12.8 Å². The zero-order valence-electron chi connectivity index (χ0n) is 7.87. The fraction of sp³-hybridized carbons (Fsp3) is 0.750. The van der Waals surface area contributed by atoms with Gasteiger partial charge >= 0.3 is 5.97 Å². The lowest BCUT2D eigenvalue weighted by Crippen LogP contribution is -2.17. The highest BCUT2D eigenvalue weighted by atomic mass is 32.2. The van der Waals surface area contributed by atoms with Crippen LogP contribution in [0, 0.1) is 0 Å². The first-order chi connectivity index (χ1) is 6.07. The van der Waals surface area contributed by atoms with E-state index < -0.39 is 5.97 Å². The van der Waals surface area contributed by atoms with E-state index in [0.29, 0.717) is 12.2 Å². The minimum absolute atomic E-state index is 0.00331. The third-order valence-electron chi connectivity index (χ3n) is 1.54. The second kappa shape index (κ2) is 6.77. The van der Waals surface area contributed by atoms with Crippen LogP contribution in [0.4, 0.5) is 0 Å². The lowest BCUT2D eigenvalue weighted by atomic mass is 10.3. The van der Waals surface area contributed by atoms with Crippen molar-refractivity contribution in [1.82, 2.24) is 5.32 Å². The number of carboxylic acids is 1. The van der Waals surface area contributed by atoms with Gasteiger partial charge in [0.05, 0.1) is 5.25 Å². The number of hydrogen-bond acceptors (Lipinski definition) is 3. The van der Waals surface area contributed by atoms with Gasteiger partial charge in [0.15, 0.2) is 0 Å². The summed E-state index contributed by atoms with van der Waals surface area (Å²) in [5, 5.41) is 10.7. The number of rotatable bonds is 6. The molecule has 0 radical (unpaired) electrons. The quantitative estimate of drug-likeness (QED) is 0.627. The third-order valence-corrected chi connectivity index (χ3v) is 2.77. The zero-order chi connectivity index (χ0) is 10.3. The van der Waals surface area contributed by atoms with E-state index in [4.69, 9.17) is 5.11 Å². The van der Waals surface area contributed by atoms with Crippen molar-refractivity contribution in [3.8, 4) is 0 Å². The van der Waals surface area contributed by atoms with Crippen LogP contribution in [0.3, 0.4) is 0 Å². The number of carbonyl (C=O) groups excluding carboxylic acids is 1. The molecule has 5 heteroatoms. The maximum absolute atomic E-state index is 10.8. The molecule has 0 fully saturated rings. The molecule has 0 spiro atoms. The van der Waals surface area contributed by atoms with Gasteiger partial charge in [-0.25, -0.2) is 0 Å². The van der Waals surface area contributed by atoms with Crippen LogP contribution in [0.15, 0.2) is 0 Å². The van der Waals surface area contributed by atoms with Crippen molar-refractivity contribution in [3.05, 3.63) is 0 Å². The topological polar surface area (TPSA) is 66.4 Å². The monoisotopic (exact) mass is 205 g/mol. The second-order valence-corrected chi connectivity index (χ2v) is 4.08. The summed E-state index contributed by atoms with van der Waals surface area (Å²) in [7, 11) is 1.59. The molecule has 76 valence electrons. The molecule has 13 heavy (non-hydrogen) atoms. The van der Waals surface area contributed by atoms with Gasteiger partial charge in [-0.3, -0.25) is 9.59 Å². The summed E-state index contributed by atoms with van der Waals surface area (Å²) < 4.78 is 0. The normalized spacial score (nSPS) is 12.2. The van der Waals surface area contributed by atoms with Gasteiger partial charge in [0.1, 0.15) is 0 Å². The van der Waals surface area contributed by atoms with Crippen molar-refractivity contribution in [3.63, 3.8) is 0 Å². The minimum Gasteiger partial charge on any atom is -0.480 e. The summed E-state index contributed by atoms with van der Waals surface area (Å²) in [6.45, 7) is 1.65. The molecule has 1 amide bonds. The highest BCUT2D eigenvalue weighted by Crippen LogP contribution is 2.12. The smallest absolute Gasteiger partial charge is 0.316 e. The van der Waals surface area contributed by atoms with Crippen molar-refractivity contribution in [1.29, 1.82) is 0 Å². The Balaban J connectivity index is 3.35. The lowest BCUT2D eigenvalue weighted by Gasteiger charge is -2.04. The van der Waals surface area contributed by atoms with E-state index in [9.17, 15) is 9.59 Å². The molecule has 0 saturated carbocycles. The Morgan fingerprint density at radius 1 is 1.54 bits per heavy atom. The summed E-state index contributed by atoms with van der Waals surface area (Å²) in [4.78, 5) is 21.1. The molecule has 2 N–H and O–H groups in total. The Morgan fingerprint density at radius 3 is 2.62 bits per heavy atom. The first-order valence-corrected chi connectivity index (χ1v) is 5.17. The molecule has 0 rings (SSSR count). The van der Waals surface area contributed by atoms with Crippen molar-refractivity contribution >= 4 is 23.6 Å². The first kappa shape index (κ1) is 12.3. The SMILES string of the molecule is CNC(=O)CCCSC(C)C(=O)O. The molecule has 0 bridgehead atoms. The van der Waals surface area contributed by atoms with Gasteiger partial charge in [0.2, 0.25) is 5.91 Å². The van der Waals surface area contributed by atoms with E-state index in [2.05, 4.69) is 5.32 Å². The molecular formula is C8H15NO3S. The first-order valence-electron chi connectivity index (χ1n) is 4.13. The number of nitrogens with one attached hydrogen (secondary N) is 1. The van der Waals surface area contributed by atoms with Gasteiger partial charge in [0, 0.05) is 13.5 Å². The van der Waals surface area contributed by atoms with E-state index in [1.54, 1.807) is 14.0 Å². The van der Waals surface area contributed by atoms with E-state index >= 15 is 0 Å². The number of aliphatic carboxylic acids is 1. The minimum atomic E-state index is -0.801. The highest BCUT2D eigenvalue weighted by Gasteiger charge is 2.10. The molecule has 0 aromatic rings. The average molecular weight is 205 g/mol. The van der Waals surface area contributed by atoms with Crippen LogP contribution in [0.2, 0.25) is 0 Å². The maximum atomic E-state index is 10.8. The van der Waals surface area contributed by atoms with E-state index in [-0.39, 0.29) is 11.2 Å². The Kier molecular flexibility index (Phi) is 6.40. The number of thioether (sulfide) groups is 1. The van der Waals surface area contributed by atoms with Gasteiger partial charge in [-0.15, -0.1) is 11.8 Å². The van der Waals surface area contributed by atoms with Crippen LogP contribution in [0.5, 0.6) is 0 Å². The van der Waals surface area contributed by atoms with E-state index in [1.165, 1.54) is 11.8 Å². The number of hydrogen-bond donors (Lipinski definition) is 2. The number of carbonyl (C=O) groups is 2. The molecule has 0 aliphatic carbocycles. The van der Waals surface area contributed by atoms with Gasteiger partial charge in [-0.2, -0.15) is 0 Å². The predicted molar refractivity (Wildman–Crippen MR) is 52.9 cm³/mol. The molecule has 0 saturated heterocycles. The van der Waals surface area contributed by atoms with Crippen molar-refractivity contribution < 1.29 is 14.7 Å². The third kappa shape index (κ3) is 6.45. The highest BCUT2D eigenvalue weighted by molar-refractivity contribution is 8.00. The molecule has 1 unspecified atom stereocenters. The van der Waals surface area contributed by atoms with Crippen LogP contribution >= 0.6 is 11.8 Å². The maximum Gasteiger partial charge on any atom is 0.316 e. The Bertz CT molecular complexity index is 184. The molecule has 0 aromatic heterocycles. The van der Waals surface area contributed by atoms with Crippen LogP contribution in [0.25, 0.3) is 0 Å². The van der Waals surface area contributed by atoms with Gasteiger partial charge in [-0.05, 0) is 19.1 Å². The van der Waals surface area contributed by atoms with Crippen molar-refractivity contribution in [2.24, 2.45) is 0 Å². The number of carboxylic acid groups (broad SMARTS) is 1. The standard InChI is InChI=1S/C8H15NO3S/c1-6(8(11)12)13-5-3-4-7(10)9-2/h6H,3-5H2,1-2H3,(H,9,10)(H,11,12). The zero-order valence-corrected chi connectivity index (χ0v) is 8.69. The Labute approximate surface area is 82.1 Å². The largest absolute Gasteiger partial charge is 0.480 e. The molecule has 1 atom stereocenters. The van der Waals surface area contributed by atoms with Crippen LogP contribution < -0.4 is 5.32 Å². The molecule has 4 nitrogen and oxygen atoms in total. The van der Waals surface area contributed by atoms with Gasteiger partial charge in [-0.1, -0.05) is 0 Å².